The predicted octanol–water partition coefficient (Wildman–Crippen LogP) is 7.33. The average Bonchev–Trinajstić information content (AvgIpc) is 3.40. The molecule has 1 atom stereocenters. The van der Waals surface area contributed by atoms with E-state index in [2.05, 4.69) is 36.3 Å². The zero-order valence-electron chi connectivity index (χ0n) is 20.5. The minimum atomic E-state index is -0.470. The van der Waals surface area contributed by atoms with Gasteiger partial charge in [0.05, 0.1) is 34.1 Å². The molecule has 0 spiro atoms. The number of aromatic nitrogens is 3. The van der Waals surface area contributed by atoms with Crippen LogP contribution in [-0.2, 0) is 11.8 Å². The molecule has 0 amide bonds. The number of rotatable bonds is 5. The van der Waals surface area contributed by atoms with Crippen molar-refractivity contribution in [3.8, 4) is 21.7 Å². The molecule has 35 heavy (non-hydrogen) atoms. The van der Waals surface area contributed by atoms with Crippen molar-refractivity contribution >= 4 is 44.1 Å². The van der Waals surface area contributed by atoms with Gasteiger partial charge in [-0.2, -0.15) is 5.10 Å². The van der Waals surface area contributed by atoms with E-state index >= 15 is 0 Å². The van der Waals surface area contributed by atoms with Gasteiger partial charge in [0.25, 0.3) is 0 Å². The minimum Gasteiger partial charge on any atom is -0.393 e. The van der Waals surface area contributed by atoms with Gasteiger partial charge in [-0.25, -0.2) is 4.98 Å². The van der Waals surface area contributed by atoms with Gasteiger partial charge in [0.15, 0.2) is 0 Å². The Balaban J connectivity index is 1.75. The fourth-order valence-corrected chi connectivity index (χ4v) is 5.81. The number of benzene rings is 3. The molecular weight excluding hydrogens is 478 g/mol. The topological polar surface area (TPSA) is 60.2 Å². The van der Waals surface area contributed by atoms with Crippen LogP contribution in [0.2, 0.25) is 5.02 Å². The van der Waals surface area contributed by atoms with Crippen LogP contribution in [0.3, 0.4) is 0 Å². The van der Waals surface area contributed by atoms with Crippen LogP contribution in [0.1, 0.15) is 38.0 Å². The molecular formula is C28H28ClN3O2S. The Morgan fingerprint density at radius 2 is 1.80 bits per heavy atom. The second-order valence-corrected chi connectivity index (χ2v) is 11.2. The number of thiazole rings is 1. The van der Waals surface area contributed by atoms with Crippen molar-refractivity contribution in [3.63, 3.8) is 0 Å². The van der Waals surface area contributed by atoms with Gasteiger partial charge in [-0.3, -0.25) is 4.68 Å². The second kappa shape index (κ2) is 9.03. The van der Waals surface area contributed by atoms with Gasteiger partial charge in [0.1, 0.15) is 11.1 Å². The van der Waals surface area contributed by atoms with Gasteiger partial charge in [0, 0.05) is 28.6 Å². The molecule has 2 heterocycles. The van der Waals surface area contributed by atoms with Crippen LogP contribution in [0.25, 0.3) is 42.8 Å². The van der Waals surface area contributed by atoms with Crippen LogP contribution in [0.5, 0.6) is 0 Å². The largest absolute Gasteiger partial charge is 0.393 e. The molecule has 3 aromatic carbocycles. The highest BCUT2D eigenvalue weighted by atomic mass is 35.5. The van der Waals surface area contributed by atoms with Gasteiger partial charge in [-0.15, -0.1) is 11.3 Å². The molecule has 0 saturated heterocycles. The number of ether oxygens (including phenoxy) is 1. The quantitative estimate of drug-likeness (QED) is 0.271. The molecule has 0 fully saturated rings. The number of aliphatic hydroxyl groups is 1. The standard InChI is InChI=1S/C28H28ClN3O2S/c1-16-12-21-26(35-27(31-21)18-8-11-22-19(13-18)14-30-32(22)5)25(17-6-9-20(29)10-7-17)24(16)23(15-33)34-28(2,3)4/h6-14,23,33H,15H2,1-5H3. The number of nitrogens with zero attached hydrogens (tertiary/aromatic N) is 3. The van der Waals surface area contributed by atoms with Gasteiger partial charge in [0.2, 0.25) is 0 Å². The van der Waals surface area contributed by atoms with E-state index in [0.29, 0.717) is 5.02 Å². The number of hydrogen-bond donors (Lipinski definition) is 1. The van der Waals surface area contributed by atoms with Crippen molar-refractivity contribution in [2.24, 2.45) is 7.05 Å². The summed E-state index contributed by atoms with van der Waals surface area (Å²) in [5, 5.41) is 17.4. The van der Waals surface area contributed by atoms with Gasteiger partial charge >= 0.3 is 0 Å². The van der Waals surface area contributed by atoms with Gasteiger partial charge in [-0.1, -0.05) is 23.7 Å². The van der Waals surface area contributed by atoms with Crippen molar-refractivity contribution in [2.45, 2.75) is 39.4 Å². The van der Waals surface area contributed by atoms with Crippen molar-refractivity contribution in [1.82, 2.24) is 14.8 Å². The lowest BCUT2D eigenvalue weighted by atomic mass is 9.91. The van der Waals surface area contributed by atoms with E-state index in [1.165, 1.54) is 0 Å². The molecule has 1 N–H and O–H groups in total. The van der Waals surface area contributed by atoms with Crippen LogP contribution < -0.4 is 0 Å². The Kier molecular flexibility index (Phi) is 6.18. The van der Waals surface area contributed by atoms with Crippen LogP contribution in [-0.4, -0.2) is 32.1 Å². The SMILES string of the molecule is Cc1cc2nc(-c3ccc4c(cnn4C)c3)sc2c(-c2ccc(Cl)cc2)c1C(CO)OC(C)(C)C. The lowest BCUT2D eigenvalue weighted by Crippen LogP contribution is -2.25. The molecule has 2 aromatic heterocycles. The van der Waals surface area contributed by atoms with Crippen LogP contribution in [0, 0.1) is 6.92 Å². The van der Waals surface area contributed by atoms with E-state index in [0.717, 1.165) is 53.9 Å². The van der Waals surface area contributed by atoms with Crippen molar-refractivity contribution in [2.75, 3.05) is 6.61 Å². The van der Waals surface area contributed by atoms with E-state index in [4.69, 9.17) is 21.3 Å². The van der Waals surface area contributed by atoms with Gasteiger partial charge < -0.3 is 9.84 Å². The predicted molar refractivity (Wildman–Crippen MR) is 145 cm³/mol. The first-order valence-electron chi connectivity index (χ1n) is 11.6. The minimum absolute atomic E-state index is 0.118. The van der Waals surface area contributed by atoms with Gasteiger partial charge in [-0.05, 0) is 80.8 Å². The summed E-state index contributed by atoms with van der Waals surface area (Å²) in [7, 11) is 1.94. The van der Waals surface area contributed by atoms with Crippen molar-refractivity contribution in [1.29, 1.82) is 0 Å². The summed E-state index contributed by atoms with van der Waals surface area (Å²) in [6.45, 7) is 7.96. The van der Waals surface area contributed by atoms with E-state index < -0.39 is 11.7 Å². The fourth-order valence-electron chi connectivity index (χ4n) is 4.56. The molecule has 0 aliphatic rings. The van der Waals surface area contributed by atoms with E-state index in [1.54, 1.807) is 11.3 Å². The first kappa shape index (κ1) is 23.9. The van der Waals surface area contributed by atoms with Crippen molar-refractivity contribution < 1.29 is 9.84 Å². The molecule has 0 aliphatic carbocycles. The summed E-state index contributed by atoms with van der Waals surface area (Å²) in [6, 6.07) is 16.2. The third kappa shape index (κ3) is 4.59. The van der Waals surface area contributed by atoms with Crippen molar-refractivity contribution in [3.05, 3.63) is 70.9 Å². The average molecular weight is 506 g/mol. The molecule has 0 radical (unpaired) electrons. The maximum absolute atomic E-state index is 10.4. The maximum Gasteiger partial charge on any atom is 0.124 e. The molecule has 1 unspecified atom stereocenters. The van der Waals surface area contributed by atoms with Crippen LogP contribution in [0.15, 0.2) is 54.7 Å². The number of hydrogen-bond acceptors (Lipinski definition) is 5. The fraction of sp³-hybridized carbons (Fsp3) is 0.286. The molecule has 0 aliphatic heterocycles. The lowest BCUT2D eigenvalue weighted by Gasteiger charge is -2.29. The Morgan fingerprint density at radius 3 is 2.49 bits per heavy atom. The summed E-state index contributed by atoms with van der Waals surface area (Å²) < 4.78 is 9.26. The first-order chi connectivity index (χ1) is 16.6. The first-order valence-corrected chi connectivity index (χ1v) is 12.7. The smallest absolute Gasteiger partial charge is 0.124 e. The highest BCUT2D eigenvalue weighted by molar-refractivity contribution is 7.22. The number of halogens is 1. The second-order valence-electron chi connectivity index (χ2n) is 9.80. The number of aliphatic hydroxyl groups excluding tert-OH is 1. The Labute approximate surface area is 214 Å². The molecule has 5 nitrogen and oxygen atoms in total. The Bertz CT molecular complexity index is 1530. The monoisotopic (exact) mass is 505 g/mol. The number of fused-ring (bicyclic) bond motifs is 2. The number of aryl methyl sites for hydroxylation is 2. The maximum atomic E-state index is 10.4. The molecule has 180 valence electrons. The highest BCUT2D eigenvalue weighted by Crippen LogP contribution is 2.44. The zero-order valence-corrected chi connectivity index (χ0v) is 22.0. The Morgan fingerprint density at radius 1 is 1.09 bits per heavy atom. The van der Waals surface area contributed by atoms with E-state index in [1.807, 2.05) is 63.0 Å². The summed E-state index contributed by atoms with van der Waals surface area (Å²) in [5.74, 6) is 0. The summed E-state index contributed by atoms with van der Waals surface area (Å²) in [4.78, 5) is 5.02. The molecule has 5 rings (SSSR count). The lowest BCUT2D eigenvalue weighted by molar-refractivity contribution is -0.0821. The summed E-state index contributed by atoms with van der Waals surface area (Å²) in [5.41, 5.74) is 6.72. The molecule has 7 heteroatoms. The molecule has 0 bridgehead atoms. The van der Waals surface area contributed by atoms with E-state index in [9.17, 15) is 5.11 Å². The third-order valence-corrected chi connectivity index (χ3v) is 7.43. The third-order valence-electron chi connectivity index (χ3n) is 6.04. The highest BCUT2D eigenvalue weighted by Gasteiger charge is 2.27. The van der Waals surface area contributed by atoms with Crippen LogP contribution in [0.4, 0.5) is 0 Å². The van der Waals surface area contributed by atoms with Crippen LogP contribution >= 0.6 is 22.9 Å². The van der Waals surface area contributed by atoms with E-state index in [-0.39, 0.29) is 6.61 Å². The molecule has 0 saturated carbocycles. The summed E-state index contributed by atoms with van der Waals surface area (Å²) in [6.07, 6.45) is 1.41. The normalized spacial score (nSPS) is 13.1. The zero-order chi connectivity index (χ0) is 24.9. The Hall–Kier alpha value is -2.77. The summed E-state index contributed by atoms with van der Waals surface area (Å²) >= 11 is 7.87. The molecule has 5 aromatic rings.